The maximum absolute atomic E-state index is 10.6. The minimum absolute atomic E-state index is 0.447. The van der Waals surface area contributed by atoms with Gasteiger partial charge in [-0.3, -0.25) is 0 Å². The standard InChI is InChI=1S/C15H13BrO4S/c1-19-13-7-10(2-3-14(17)18)6-12(16)15(13)20-8-11-4-5-21-9-11/h2-7,9H,8H2,1H3,(H,17,18)/b3-2+. The lowest BCUT2D eigenvalue weighted by molar-refractivity contribution is -0.131. The van der Waals surface area contributed by atoms with Crippen LogP contribution in [-0.4, -0.2) is 18.2 Å². The summed E-state index contributed by atoms with van der Waals surface area (Å²) in [5.74, 6) is 0.142. The van der Waals surface area contributed by atoms with E-state index in [0.29, 0.717) is 28.1 Å². The average Bonchev–Trinajstić information content (AvgIpc) is 2.96. The highest BCUT2D eigenvalue weighted by Crippen LogP contribution is 2.37. The maximum atomic E-state index is 10.6. The second-order valence-electron chi connectivity index (χ2n) is 4.13. The number of hydrogen-bond acceptors (Lipinski definition) is 4. The zero-order valence-electron chi connectivity index (χ0n) is 11.2. The first-order valence-electron chi connectivity index (χ1n) is 6.02. The molecular weight excluding hydrogens is 356 g/mol. The number of thiophene rings is 1. The Labute approximate surface area is 134 Å². The van der Waals surface area contributed by atoms with Gasteiger partial charge >= 0.3 is 5.97 Å². The molecule has 0 aliphatic carbocycles. The van der Waals surface area contributed by atoms with E-state index in [0.717, 1.165) is 11.6 Å². The van der Waals surface area contributed by atoms with Gasteiger partial charge in [-0.2, -0.15) is 11.3 Å². The van der Waals surface area contributed by atoms with Crippen LogP contribution in [0.1, 0.15) is 11.1 Å². The first kappa shape index (κ1) is 15.6. The molecule has 0 amide bonds. The monoisotopic (exact) mass is 368 g/mol. The van der Waals surface area contributed by atoms with Crippen LogP contribution in [0.3, 0.4) is 0 Å². The molecule has 0 saturated carbocycles. The Hall–Kier alpha value is -1.79. The van der Waals surface area contributed by atoms with Gasteiger partial charge in [0.2, 0.25) is 0 Å². The van der Waals surface area contributed by atoms with E-state index in [2.05, 4.69) is 15.9 Å². The van der Waals surface area contributed by atoms with Gasteiger partial charge in [0.05, 0.1) is 11.6 Å². The Morgan fingerprint density at radius 1 is 1.48 bits per heavy atom. The van der Waals surface area contributed by atoms with Crippen molar-refractivity contribution in [3.05, 3.63) is 50.6 Å². The number of rotatable bonds is 6. The lowest BCUT2D eigenvalue weighted by Gasteiger charge is -2.13. The second-order valence-corrected chi connectivity index (χ2v) is 5.76. The van der Waals surface area contributed by atoms with Crippen LogP contribution in [0.25, 0.3) is 6.08 Å². The molecule has 0 aliphatic rings. The second kappa shape index (κ2) is 7.28. The van der Waals surface area contributed by atoms with Gasteiger partial charge in [-0.15, -0.1) is 0 Å². The largest absolute Gasteiger partial charge is 0.493 e. The number of aliphatic carboxylic acids is 1. The predicted octanol–water partition coefficient (Wildman–Crippen LogP) is 4.20. The molecule has 0 atom stereocenters. The summed E-state index contributed by atoms with van der Waals surface area (Å²) in [5, 5.41) is 12.7. The Bertz CT molecular complexity index is 650. The van der Waals surface area contributed by atoms with E-state index >= 15 is 0 Å². The maximum Gasteiger partial charge on any atom is 0.328 e. The van der Waals surface area contributed by atoms with E-state index in [4.69, 9.17) is 14.6 Å². The smallest absolute Gasteiger partial charge is 0.328 e. The molecule has 0 radical (unpaired) electrons. The summed E-state index contributed by atoms with van der Waals surface area (Å²) in [4.78, 5) is 10.6. The molecule has 110 valence electrons. The van der Waals surface area contributed by atoms with Crippen molar-refractivity contribution in [2.24, 2.45) is 0 Å². The normalized spacial score (nSPS) is 10.8. The number of carboxylic acid groups (broad SMARTS) is 1. The number of carbonyl (C=O) groups is 1. The van der Waals surface area contributed by atoms with Crippen molar-refractivity contribution < 1.29 is 19.4 Å². The molecule has 0 saturated heterocycles. The van der Waals surface area contributed by atoms with Crippen molar-refractivity contribution in [2.45, 2.75) is 6.61 Å². The topological polar surface area (TPSA) is 55.8 Å². The molecule has 0 fully saturated rings. The van der Waals surface area contributed by atoms with Crippen molar-refractivity contribution in [3.8, 4) is 11.5 Å². The van der Waals surface area contributed by atoms with Gasteiger partial charge in [-0.25, -0.2) is 4.79 Å². The third kappa shape index (κ3) is 4.34. The number of carboxylic acids is 1. The Balaban J connectivity index is 2.22. The van der Waals surface area contributed by atoms with Crippen LogP contribution in [0.2, 0.25) is 0 Å². The molecule has 0 aliphatic heterocycles. The van der Waals surface area contributed by atoms with E-state index in [-0.39, 0.29) is 0 Å². The predicted molar refractivity (Wildman–Crippen MR) is 86.0 cm³/mol. The van der Waals surface area contributed by atoms with Gasteiger partial charge in [-0.05, 0) is 62.1 Å². The van der Waals surface area contributed by atoms with Crippen molar-refractivity contribution in [1.82, 2.24) is 0 Å². The molecule has 21 heavy (non-hydrogen) atoms. The minimum Gasteiger partial charge on any atom is -0.493 e. The van der Waals surface area contributed by atoms with Crippen molar-refractivity contribution in [1.29, 1.82) is 0 Å². The molecule has 1 N–H and O–H groups in total. The van der Waals surface area contributed by atoms with Gasteiger partial charge in [0, 0.05) is 6.08 Å². The third-order valence-corrected chi connectivity index (χ3v) is 3.95. The van der Waals surface area contributed by atoms with E-state index in [1.54, 1.807) is 30.6 Å². The van der Waals surface area contributed by atoms with Gasteiger partial charge in [0.15, 0.2) is 11.5 Å². The highest BCUT2D eigenvalue weighted by atomic mass is 79.9. The number of ether oxygens (including phenoxy) is 2. The Morgan fingerprint density at radius 2 is 2.29 bits per heavy atom. The van der Waals surface area contributed by atoms with Crippen LogP contribution >= 0.6 is 27.3 Å². The zero-order chi connectivity index (χ0) is 15.2. The van der Waals surface area contributed by atoms with Crippen LogP contribution < -0.4 is 9.47 Å². The summed E-state index contributed by atoms with van der Waals surface area (Å²) < 4.78 is 11.8. The molecule has 0 bridgehead atoms. The lowest BCUT2D eigenvalue weighted by atomic mass is 10.2. The zero-order valence-corrected chi connectivity index (χ0v) is 13.6. The first-order chi connectivity index (χ1) is 10.1. The summed E-state index contributed by atoms with van der Waals surface area (Å²) in [6, 6.07) is 5.51. The van der Waals surface area contributed by atoms with E-state index in [9.17, 15) is 4.79 Å². The fraction of sp³-hybridized carbons (Fsp3) is 0.133. The lowest BCUT2D eigenvalue weighted by Crippen LogP contribution is -1.98. The van der Waals surface area contributed by atoms with Crippen LogP contribution in [-0.2, 0) is 11.4 Å². The summed E-state index contributed by atoms with van der Waals surface area (Å²) in [5.41, 5.74) is 1.80. The molecule has 2 rings (SSSR count). The molecule has 4 nitrogen and oxygen atoms in total. The number of halogens is 1. The molecule has 0 spiro atoms. The summed E-state index contributed by atoms with van der Waals surface area (Å²) in [7, 11) is 1.55. The van der Waals surface area contributed by atoms with Crippen LogP contribution in [0.5, 0.6) is 11.5 Å². The van der Waals surface area contributed by atoms with Gasteiger partial charge in [0.25, 0.3) is 0 Å². The summed E-state index contributed by atoms with van der Waals surface area (Å²) >= 11 is 5.04. The number of methoxy groups -OCH3 is 1. The first-order valence-corrected chi connectivity index (χ1v) is 7.76. The molecular formula is C15H13BrO4S. The molecule has 1 heterocycles. The molecule has 1 aromatic carbocycles. The van der Waals surface area contributed by atoms with Crippen LogP contribution in [0.4, 0.5) is 0 Å². The third-order valence-electron chi connectivity index (χ3n) is 2.63. The Morgan fingerprint density at radius 3 is 2.90 bits per heavy atom. The number of hydrogen-bond donors (Lipinski definition) is 1. The molecule has 1 aromatic heterocycles. The van der Waals surface area contributed by atoms with Crippen molar-refractivity contribution >= 4 is 39.3 Å². The highest BCUT2D eigenvalue weighted by molar-refractivity contribution is 9.10. The fourth-order valence-corrected chi connectivity index (χ4v) is 2.90. The summed E-state index contributed by atoms with van der Waals surface area (Å²) in [6.07, 6.45) is 2.57. The molecule has 0 unspecified atom stereocenters. The van der Waals surface area contributed by atoms with Gasteiger partial charge in [-0.1, -0.05) is 0 Å². The van der Waals surface area contributed by atoms with E-state index < -0.39 is 5.97 Å². The van der Waals surface area contributed by atoms with Crippen molar-refractivity contribution in [3.63, 3.8) is 0 Å². The van der Waals surface area contributed by atoms with Crippen LogP contribution in [0, 0.1) is 0 Å². The summed E-state index contributed by atoms with van der Waals surface area (Å²) in [6.45, 7) is 0.447. The SMILES string of the molecule is COc1cc(/C=C/C(=O)O)cc(Br)c1OCc1ccsc1. The van der Waals surface area contributed by atoms with Gasteiger partial charge in [0.1, 0.15) is 6.61 Å². The highest BCUT2D eigenvalue weighted by Gasteiger charge is 2.11. The van der Waals surface area contributed by atoms with Crippen LogP contribution in [0.15, 0.2) is 39.5 Å². The Kier molecular flexibility index (Phi) is 5.41. The minimum atomic E-state index is -0.997. The van der Waals surface area contributed by atoms with E-state index in [1.807, 2.05) is 16.8 Å². The molecule has 6 heteroatoms. The number of benzene rings is 1. The molecule has 2 aromatic rings. The van der Waals surface area contributed by atoms with Gasteiger partial charge < -0.3 is 14.6 Å². The van der Waals surface area contributed by atoms with Crippen molar-refractivity contribution in [2.75, 3.05) is 7.11 Å². The fourth-order valence-electron chi connectivity index (χ4n) is 1.67. The quantitative estimate of drug-likeness (QED) is 0.776. The average molecular weight is 369 g/mol. The van der Waals surface area contributed by atoms with E-state index in [1.165, 1.54) is 6.08 Å².